The van der Waals surface area contributed by atoms with E-state index in [0.717, 1.165) is 5.56 Å². The summed E-state index contributed by atoms with van der Waals surface area (Å²) in [6.07, 6.45) is 2.89. The molecule has 25 heavy (non-hydrogen) atoms. The number of aliphatic hydroxyl groups excluding tert-OH is 1. The van der Waals surface area contributed by atoms with Crippen molar-refractivity contribution in [2.75, 3.05) is 6.61 Å². The smallest absolute Gasteiger partial charge is 0.290 e. The molecule has 1 amide bonds. The summed E-state index contributed by atoms with van der Waals surface area (Å²) in [5.41, 5.74) is 7.34. The molecule has 8 nitrogen and oxygen atoms in total. The first-order valence-electron chi connectivity index (χ1n) is 8.00. The molecule has 1 aromatic carbocycles. The Morgan fingerprint density at radius 3 is 2.80 bits per heavy atom. The van der Waals surface area contributed by atoms with Crippen LogP contribution in [0.4, 0.5) is 0 Å². The molecule has 0 spiro atoms. The lowest BCUT2D eigenvalue weighted by Crippen LogP contribution is -2.54. The third kappa shape index (κ3) is 3.98. The first-order chi connectivity index (χ1) is 12.1. The molecule has 0 unspecified atom stereocenters. The van der Waals surface area contributed by atoms with Crippen LogP contribution in [0.15, 0.2) is 52.8 Å². The van der Waals surface area contributed by atoms with E-state index in [9.17, 15) is 4.79 Å². The number of hydrazine groups is 1. The summed E-state index contributed by atoms with van der Waals surface area (Å²) in [5, 5.41) is 17.2. The number of hydrogen-bond donors (Lipinski definition) is 4. The summed E-state index contributed by atoms with van der Waals surface area (Å²) in [4.78, 5) is 12.2. The van der Waals surface area contributed by atoms with E-state index in [-0.39, 0.29) is 30.4 Å². The number of nitrogens with one attached hydrogen (secondary N) is 1. The molecule has 1 heterocycles. The first kappa shape index (κ1) is 17.0. The molecule has 6 N–H and O–H groups in total. The number of benzene rings is 1. The van der Waals surface area contributed by atoms with Crippen molar-refractivity contribution in [3.8, 4) is 11.3 Å². The predicted octanol–water partition coefficient (Wildman–Crippen LogP) is 0.571. The standard InChI is InChI=1S/C17H21N5O3/c18-12(10-23)9-22(19)14-6-13(7-14)20-17(24)16-8-15(21-25-16)11-4-2-1-3-5-11/h1-5,8-9,13-14,23H,6-7,10,18-19H2,(H,20,24)/b12-9-. The van der Waals surface area contributed by atoms with Gasteiger partial charge in [0.15, 0.2) is 0 Å². The number of aromatic nitrogens is 1. The Bertz CT molecular complexity index is 753. The first-order valence-corrected chi connectivity index (χ1v) is 8.00. The zero-order chi connectivity index (χ0) is 17.8. The Hall–Kier alpha value is -2.84. The molecule has 1 aliphatic rings. The van der Waals surface area contributed by atoms with E-state index in [1.54, 1.807) is 6.07 Å². The van der Waals surface area contributed by atoms with Crippen molar-refractivity contribution in [3.63, 3.8) is 0 Å². The summed E-state index contributed by atoms with van der Waals surface area (Å²) in [6.45, 7) is -0.240. The summed E-state index contributed by atoms with van der Waals surface area (Å²) in [6, 6.07) is 11.2. The van der Waals surface area contributed by atoms with Gasteiger partial charge in [-0.1, -0.05) is 35.5 Å². The molecule has 1 aliphatic carbocycles. The van der Waals surface area contributed by atoms with Crippen LogP contribution < -0.4 is 16.9 Å². The van der Waals surface area contributed by atoms with E-state index < -0.39 is 0 Å². The second kappa shape index (κ2) is 7.37. The van der Waals surface area contributed by atoms with Gasteiger partial charge in [-0.25, -0.2) is 5.84 Å². The summed E-state index contributed by atoms with van der Waals surface area (Å²) < 4.78 is 5.14. The highest BCUT2D eigenvalue weighted by Crippen LogP contribution is 2.25. The maximum atomic E-state index is 12.2. The third-order valence-electron chi connectivity index (χ3n) is 4.17. The SMILES string of the molecule is N/C(=C\N(N)C1CC(NC(=O)c2cc(-c3ccccc3)no2)C1)CO. The zero-order valence-electron chi connectivity index (χ0n) is 13.6. The molecule has 0 saturated heterocycles. The summed E-state index contributed by atoms with van der Waals surface area (Å²) >= 11 is 0. The van der Waals surface area contributed by atoms with E-state index in [1.807, 2.05) is 30.3 Å². The summed E-state index contributed by atoms with van der Waals surface area (Å²) in [5.74, 6) is 5.73. The van der Waals surface area contributed by atoms with Gasteiger partial charge in [0.25, 0.3) is 5.91 Å². The van der Waals surface area contributed by atoms with Gasteiger partial charge in [-0.3, -0.25) is 4.79 Å². The number of nitrogens with two attached hydrogens (primary N) is 2. The lowest BCUT2D eigenvalue weighted by molar-refractivity contribution is 0.0813. The van der Waals surface area contributed by atoms with Crippen LogP contribution in [0.3, 0.4) is 0 Å². The van der Waals surface area contributed by atoms with E-state index in [1.165, 1.54) is 11.2 Å². The van der Waals surface area contributed by atoms with Crippen LogP contribution in [-0.4, -0.2) is 39.9 Å². The van der Waals surface area contributed by atoms with Crippen LogP contribution in [0, 0.1) is 0 Å². The number of amides is 1. The quantitative estimate of drug-likeness (QED) is 0.445. The van der Waals surface area contributed by atoms with Crippen LogP contribution in [0.1, 0.15) is 23.4 Å². The Morgan fingerprint density at radius 2 is 2.12 bits per heavy atom. The number of hydrogen-bond acceptors (Lipinski definition) is 7. The van der Waals surface area contributed by atoms with Gasteiger partial charge in [0, 0.05) is 29.9 Å². The lowest BCUT2D eigenvalue weighted by atomic mass is 9.86. The van der Waals surface area contributed by atoms with Crippen molar-refractivity contribution in [3.05, 3.63) is 54.1 Å². The average molecular weight is 343 g/mol. The average Bonchev–Trinajstić information content (AvgIpc) is 3.08. The van der Waals surface area contributed by atoms with Gasteiger partial charge >= 0.3 is 0 Å². The van der Waals surface area contributed by atoms with E-state index in [2.05, 4.69) is 10.5 Å². The highest BCUT2D eigenvalue weighted by molar-refractivity contribution is 5.92. The minimum Gasteiger partial charge on any atom is -0.399 e. The molecule has 0 aliphatic heterocycles. The summed E-state index contributed by atoms with van der Waals surface area (Å²) in [7, 11) is 0. The third-order valence-corrected chi connectivity index (χ3v) is 4.17. The highest BCUT2D eigenvalue weighted by Gasteiger charge is 2.33. The van der Waals surface area contributed by atoms with Crippen molar-refractivity contribution in [2.24, 2.45) is 11.6 Å². The van der Waals surface area contributed by atoms with Crippen LogP contribution in [0.5, 0.6) is 0 Å². The molecular formula is C17H21N5O3. The Morgan fingerprint density at radius 1 is 1.40 bits per heavy atom. The maximum absolute atomic E-state index is 12.2. The largest absolute Gasteiger partial charge is 0.399 e. The van der Waals surface area contributed by atoms with Crippen LogP contribution in [0.25, 0.3) is 11.3 Å². The van der Waals surface area contributed by atoms with Crippen molar-refractivity contribution in [1.29, 1.82) is 0 Å². The maximum Gasteiger partial charge on any atom is 0.290 e. The van der Waals surface area contributed by atoms with E-state index >= 15 is 0 Å². The Kier molecular flexibility index (Phi) is 5.01. The van der Waals surface area contributed by atoms with Crippen molar-refractivity contribution in [2.45, 2.75) is 24.9 Å². The molecule has 0 bridgehead atoms. The Labute approximate surface area is 145 Å². The topological polar surface area (TPSA) is 131 Å². The van der Waals surface area contributed by atoms with Crippen molar-refractivity contribution < 1.29 is 14.4 Å². The normalized spacial score (nSPS) is 20.0. The molecule has 132 valence electrons. The molecule has 8 heteroatoms. The fourth-order valence-corrected chi connectivity index (χ4v) is 2.67. The number of nitrogens with zero attached hydrogens (tertiary/aromatic N) is 2. The van der Waals surface area contributed by atoms with Crippen molar-refractivity contribution >= 4 is 5.91 Å². The second-order valence-electron chi connectivity index (χ2n) is 6.05. The van der Waals surface area contributed by atoms with E-state index in [0.29, 0.717) is 24.2 Å². The molecule has 1 aromatic heterocycles. The van der Waals surface area contributed by atoms with Gasteiger partial charge in [-0.2, -0.15) is 0 Å². The zero-order valence-corrected chi connectivity index (χ0v) is 13.6. The van der Waals surface area contributed by atoms with E-state index in [4.69, 9.17) is 21.2 Å². The highest BCUT2D eigenvalue weighted by atomic mass is 16.5. The lowest BCUT2D eigenvalue weighted by Gasteiger charge is -2.40. The molecule has 3 rings (SSSR count). The fraction of sp³-hybridized carbons (Fsp3) is 0.294. The molecule has 1 fully saturated rings. The fourth-order valence-electron chi connectivity index (χ4n) is 2.67. The number of carbonyl (C=O) groups excluding carboxylic acids is 1. The van der Waals surface area contributed by atoms with Gasteiger partial charge < -0.3 is 25.7 Å². The number of aliphatic hydroxyl groups is 1. The second-order valence-corrected chi connectivity index (χ2v) is 6.05. The molecule has 2 aromatic rings. The van der Waals surface area contributed by atoms with Crippen LogP contribution in [-0.2, 0) is 0 Å². The number of carbonyl (C=O) groups is 1. The van der Waals surface area contributed by atoms with Crippen LogP contribution >= 0.6 is 0 Å². The van der Waals surface area contributed by atoms with Gasteiger partial charge in [0.05, 0.1) is 12.3 Å². The Balaban J connectivity index is 1.52. The minimum absolute atomic E-state index is 0.0116. The van der Waals surface area contributed by atoms with Gasteiger partial charge in [-0.05, 0) is 12.8 Å². The van der Waals surface area contributed by atoms with Gasteiger partial charge in [0.1, 0.15) is 5.69 Å². The molecule has 0 radical (unpaired) electrons. The van der Waals surface area contributed by atoms with Crippen LogP contribution in [0.2, 0.25) is 0 Å². The monoisotopic (exact) mass is 343 g/mol. The van der Waals surface area contributed by atoms with Gasteiger partial charge in [0.2, 0.25) is 5.76 Å². The molecule has 1 saturated carbocycles. The van der Waals surface area contributed by atoms with Crippen molar-refractivity contribution in [1.82, 2.24) is 15.5 Å². The minimum atomic E-state index is -0.299. The number of rotatable bonds is 6. The molecule has 0 atom stereocenters. The molecular weight excluding hydrogens is 322 g/mol. The predicted molar refractivity (Wildman–Crippen MR) is 91.6 cm³/mol. The van der Waals surface area contributed by atoms with Gasteiger partial charge in [-0.15, -0.1) is 0 Å².